The van der Waals surface area contributed by atoms with Crippen molar-refractivity contribution in [3.8, 4) is 16.9 Å². The Morgan fingerprint density at radius 2 is 1.70 bits per heavy atom. The Bertz CT molecular complexity index is 864. The number of aryl methyl sites for hydroxylation is 1. The number of hydrogen-bond donors (Lipinski definition) is 1. The molecule has 27 heavy (non-hydrogen) atoms. The molecule has 1 N–H and O–H groups in total. The Morgan fingerprint density at radius 3 is 2.30 bits per heavy atom. The van der Waals surface area contributed by atoms with Gasteiger partial charge in [0.1, 0.15) is 10.6 Å². The summed E-state index contributed by atoms with van der Waals surface area (Å²) in [5.41, 5.74) is 2.40. The van der Waals surface area contributed by atoms with Crippen LogP contribution in [0.15, 0.2) is 47.4 Å². The monoisotopic (exact) mass is 409 g/mol. The first-order valence-corrected chi connectivity index (χ1v) is 11.3. The summed E-state index contributed by atoms with van der Waals surface area (Å²) in [7, 11) is -0.747. The Balaban J connectivity index is 2.31. The van der Waals surface area contributed by atoms with Gasteiger partial charge in [-0.25, -0.2) is 0 Å². The van der Waals surface area contributed by atoms with Gasteiger partial charge in [-0.05, 0) is 30.5 Å². The third-order valence-electron chi connectivity index (χ3n) is 4.39. The molecule has 6 nitrogen and oxygen atoms in total. The molecule has 0 bridgehead atoms. The van der Waals surface area contributed by atoms with Crippen LogP contribution in [0.2, 0.25) is 5.54 Å². The minimum atomic E-state index is -4.33. The number of benzene rings is 2. The topological polar surface area (TPSA) is 82.1 Å². The molecule has 0 heterocycles. The van der Waals surface area contributed by atoms with Crippen LogP contribution in [0.25, 0.3) is 11.1 Å². The van der Waals surface area contributed by atoms with E-state index in [1.54, 1.807) is 32.4 Å². The first kappa shape index (κ1) is 21.6. The summed E-state index contributed by atoms with van der Waals surface area (Å²) >= 11 is 0. The van der Waals surface area contributed by atoms with E-state index in [0.717, 1.165) is 18.4 Å². The summed E-state index contributed by atoms with van der Waals surface area (Å²) in [6.45, 7) is 2.11. The molecular weight excluding hydrogens is 384 g/mol. The number of ether oxygens (including phenoxy) is 1. The molecule has 1 atom stereocenters. The van der Waals surface area contributed by atoms with Gasteiger partial charge in [-0.15, -0.1) is 0 Å². The van der Waals surface area contributed by atoms with E-state index >= 15 is 0 Å². The highest BCUT2D eigenvalue weighted by molar-refractivity contribution is 7.86. The lowest BCUT2D eigenvalue weighted by Gasteiger charge is -2.18. The van der Waals surface area contributed by atoms with E-state index in [0.29, 0.717) is 22.4 Å². The van der Waals surface area contributed by atoms with Crippen LogP contribution < -0.4 is 4.74 Å². The molecule has 0 amide bonds. The van der Waals surface area contributed by atoms with E-state index in [9.17, 15) is 13.0 Å². The van der Waals surface area contributed by atoms with E-state index in [1.807, 2.05) is 18.2 Å². The van der Waals surface area contributed by atoms with Gasteiger partial charge in [0.25, 0.3) is 10.1 Å². The highest BCUT2D eigenvalue weighted by Crippen LogP contribution is 2.35. The average molecular weight is 410 g/mol. The van der Waals surface area contributed by atoms with Crippen LogP contribution >= 0.6 is 0 Å². The van der Waals surface area contributed by atoms with Crippen LogP contribution in [0.1, 0.15) is 18.9 Å². The molecule has 2 aromatic rings. The maximum atomic E-state index is 11.7. The molecule has 0 saturated heterocycles. The van der Waals surface area contributed by atoms with Crippen molar-refractivity contribution in [1.29, 1.82) is 0 Å². The van der Waals surface area contributed by atoms with Gasteiger partial charge < -0.3 is 13.6 Å². The lowest BCUT2D eigenvalue weighted by Crippen LogP contribution is -2.24. The van der Waals surface area contributed by atoms with Crippen LogP contribution in [-0.4, -0.2) is 43.6 Å². The number of rotatable bonds is 9. The molecule has 2 aromatic carbocycles. The van der Waals surface area contributed by atoms with E-state index in [-0.39, 0.29) is 4.90 Å². The molecule has 1 radical (unpaired) electrons. The van der Waals surface area contributed by atoms with E-state index < -0.39 is 19.4 Å². The molecule has 0 spiro atoms. The molecule has 0 aliphatic heterocycles. The van der Waals surface area contributed by atoms with Crippen molar-refractivity contribution in [2.24, 2.45) is 0 Å². The van der Waals surface area contributed by atoms with Gasteiger partial charge >= 0.3 is 9.28 Å². The van der Waals surface area contributed by atoms with E-state index in [1.165, 1.54) is 13.2 Å². The molecule has 8 heteroatoms. The first-order valence-electron chi connectivity index (χ1n) is 8.50. The van der Waals surface area contributed by atoms with Crippen molar-refractivity contribution in [1.82, 2.24) is 0 Å². The zero-order valence-corrected chi connectivity index (χ0v) is 17.7. The summed E-state index contributed by atoms with van der Waals surface area (Å²) in [6.07, 6.45) is 1.72. The predicted molar refractivity (Wildman–Crippen MR) is 106 cm³/mol. The number of hydrogen-bond acceptors (Lipinski definition) is 5. The zero-order valence-electron chi connectivity index (χ0n) is 15.9. The molecule has 147 valence electrons. The Morgan fingerprint density at radius 1 is 1.04 bits per heavy atom. The van der Waals surface area contributed by atoms with Crippen LogP contribution in [0.3, 0.4) is 0 Å². The Hall–Kier alpha value is -1.71. The van der Waals surface area contributed by atoms with Gasteiger partial charge in [0.2, 0.25) is 0 Å². The Kier molecular flexibility index (Phi) is 7.57. The second-order valence-electron chi connectivity index (χ2n) is 6.17. The molecule has 2 rings (SSSR count). The molecular formula is C19H25O6SSi. The second kappa shape index (κ2) is 9.47. The molecule has 0 aromatic heterocycles. The maximum absolute atomic E-state index is 11.7. The van der Waals surface area contributed by atoms with Crippen molar-refractivity contribution in [2.75, 3.05) is 21.3 Å². The standard InChI is InChI=1S/C19H25O6SSi/c1-14(27(24-3)25-4)9-10-15-11-12-16(18(13-15)23-2)17-7-5-6-8-19(17)26(20,21)22/h5-8,11-14H,9-10H2,1-4H3,(H,20,21,22). The summed E-state index contributed by atoms with van der Waals surface area (Å²) < 4.78 is 49.1. The highest BCUT2D eigenvalue weighted by atomic mass is 32.2. The van der Waals surface area contributed by atoms with Crippen molar-refractivity contribution < 1.29 is 26.6 Å². The third kappa shape index (κ3) is 5.39. The number of methoxy groups -OCH3 is 1. The van der Waals surface area contributed by atoms with Gasteiger partial charge in [0.05, 0.1) is 7.11 Å². The summed E-state index contributed by atoms with van der Waals surface area (Å²) in [5.74, 6) is 0.556. The second-order valence-corrected chi connectivity index (χ2v) is 10.0. The normalized spacial score (nSPS) is 13.0. The minimum Gasteiger partial charge on any atom is -0.496 e. The van der Waals surface area contributed by atoms with E-state index in [2.05, 4.69) is 6.92 Å². The molecule has 0 aliphatic rings. The molecule has 1 unspecified atom stereocenters. The highest BCUT2D eigenvalue weighted by Gasteiger charge is 2.22. The zero-order chi connectivity index (χ0) is 20.0. The lowest BCUT2D eigenvalue weighted by molar-refractivity contribution is 0.265. The average Bonchev–Trinajstić information content (AvgIpc) is 2.66. The van der Waals surface area contributed by atoms with Gasteiger partial charge in [-0.1, -0.05) is 37.3 Å². The SMILES string of the molecule is COc1cc(CCC(C)[Si](OC)OC)ccc1-c1ccccc1S(=O)(=O)O. The van der Waals surface area contributed by atoms with Crippen molar-refractivity contribution in [2.45, 2.75) is 30.2 Å². The van der Waals surface area contributed by atoms with Crippen molar-refractivity contribution >= 4 is 19.4 Å². The lowest BCUT2D eigenvalue weighted by atomic mass is 10.00. The minimum absolute atomic E-state index is 0.142. The summed E-state index contributed by atoms with van der Waals surface area (Å²) in [6, 6.07) is 12.0. The largest absolute Gasteiger partial charge is 0.496 e. The summed E-state index contributed by atoms with van der Waals surface area (Å²) in [5, 5.41) is 0. The van der Waals surface area contributed by atoms with E-state index in [4.69, 9.17) is 13.6 Å². The predicted octanol–water partition coefficient (Wildman–Crippen LogP) is 3.71. The molecule has 0 fully saturated rings. The van der Waals surface area contributed by atoms with Crippen LogP contribution in [0, 0.1) is 0 Å². The quantitative estimate of drug-likeness (QED) is 0.502. The van der Waals surface area contributed by atoms with Crippen molar-refractivity contribution in [3.05, 3.63) is 48.0 Å². The van der Waals surface area contributed by atoms with Gasteiger partial charge in [-0.2, -0.15) is 8.42 Å². The third-order valence-corrected chi connectivity index (χ3v) is 7.20. The first-order chi connectivity index (χ1) is 12.8. The van der Waals surface area contributed by atoms with Gasteiger partial charge in [-0.3, -0.25) is 4.55 Å². The van der Waals surface area contributed by atoms with Gasteiger partial charge in [0, 0.05) is 30.9 Å². The fourth-order valence-corrected chi connectivity index (χ4v) is 5.07. The summed E-state index contributed by atoms with van der Waals surface area (Å²) in [4.78, 5) is -0.142. The fraction of sp³-hybridized carbons (Fsp3) is 0.368. The molecule has 0 saturated carbocycles. The van der Waals surface area contributed by atoms with Gasteiger partial charge in [0.15, 0.2) is 0 Å². The van der Waals surface area contributed by atoms with Crippen LogP contribution in [0.5, 0.6) is 5.75 Å². The smallest absolute Gasteiger partial charge is 0.387 e. The van der Waals surface area contributed by atoms with Crippen molar-refractivity contribution in [3.63, 3.8) is 0 Å². The fourth-order valence-electron chi connectivity index (χ4n) is 3.01. The maximum Gasteiger partial charge on any atom is 0.387 e. The Labute approximate surface area is 162 Å². The van der Waals surface area contributed by atoms with Crippen LogP contribution in [0.4, 0.5) is 0 Å². The van der Waals surface area contributed by atoms with Crippen LogP contribution in [-0.2, 0) is 25.4 Å². The molecule has 0 aliphatic carbocycles.